The van der Waals surface area contributed by atoms with E-state index in [0.29, 0.717) is 0 Å². The number of nitrogens with one attached hydrogen (secondary N) is 1. The highest BCUT2D eigenvalue weighted by molar-refractivity contribution is 7.92. The second kappa shape index (κ2) is 5.72. The second-order valence-corrected chi connectivity index (χ2v) is 6.33. The summed E-state index contributed by atoms with van der Waals surface area (Å²) in [5.41, 5.74) is 0.456. The quantitative estimate of drug-likeness (QED) is 0.940. The molecule has 0 spiro atoms. The Morgan fingerprint density at radius 1 is 1.29 bits per heavy atom. The number of hydrogen-bond donors (Lipinski definition) is 1. The molecule has 0 heterocycles. The molecule has 0 unspecified atom stereocenters. The predicted molar refractivity (Wildman–Crippen MR) is 78.1 cm³/mol. The van der Waals surface area contributed by atoms with Crippen molar-refractivity contribution in [2.45, 2.75) is 11.8 Å². The molecule has 0 fully saturated rings. The highest BCUT2D eigenvalue weighted by Gasteiger charge is 2.20. The van der Waals surface area contributed by atoms with E-state index in [1.54, 1.807) is 0 Å². The van der Waals surface area contributed by atoms with E-state index in [2.05, 4.69) is 4.72 Å². The smallest absolute Gasteiger partial charge is 0.263 e. The maximum Gasteiger partial charge on any atom is 0.263 e. The third-order valence-corrected chi connectivity index (χ3v) is 4.71. The number of nitrogens with zero attached hydrogens (tertiary/aromatic N) is 1. The van der Waals surface area contributed by atoms with Crippen molar-refractivity contribution < 1.29 is 12.8 Å². The first-order chi connectivity index (χ1) is 9.85. The van der Waals surface area contributed by atoms with Crippen molar-refractivity contribution in [3.05, 3.63) is 58.4 Å². The summed E-state index contributed by atoms with van der Waals surface area (Å²) in [5.74, 6) is -0.521. The van der Waals surface area contributed by atoms with Gasteiger partial charge in [0.25, 0.3) is 10.0 Å². The van der Waals surface area contributed by atoms with Crippen LogP contribution in [0, 0.1) is 24.1 Å². The van der Waals surface area contributed by atoms with Crippen molar-refractivity contribution in [1.29, 1.82) is 5.26 Å². The van der Waals surface area contributed by atoms with E-state index in [1.165, 1.54) is 43.3 Å². The molecule has 2 aromatic carbocycles. The molecule has 2 aromatic rings. The van der Waals surface area contributed by atoms with Gasteiger partial charge in [0.15, 0.2) is 0 Å². The molecule has 0 bridgehead atoms. The third kappa shape index (κ3) is 3.15. The van der Waals surface area contributed by atoms with Crippen LogP contribution in [0.2, 0.25) is 5.02 Å². The summed E-state index contributed by atoms with van der Waals surface area (Å²) in [4.78, 5) is -0.230. The van der Waals surface area contributed by atoms with Gasteiger partial charge in [0.1, 0.15) is 10.7 Å². The second-order valence-electron chi connectivity index (χ2n) is 4.27. The lowest BCUT2D eigenvalue weighted by Crippen LogP contribution is -2.14. The molecule has 108 valence electrons. The van der Waals surface area contributed by atoms with E-state index < -0.39 is 15.8 Å². The predicted octanol–water partition coefficient (Wildman–Crippen LogP) is 3.46. The number of benzene rings is 2. The van der Waals surface area contributed by atoms with Crippen molar-refractivity contribution in [2.24, 2.45) is 0 Å². The van der Waals surface area contributed by atoms with Crippen LogP contribution in [-0.4, -0.2) is 8.42 Å². The van der Waals surface area contributed by atoms with Crippen molar-refractivity contribution in [1.82, 2.24) is 0 Å². The number of anilines is 1. The summed E-state index contributed by atoms with van der Waals surface area (Å²) in [7, 11) is -4.02. The van der Waals surface area contributed by atoms with Crippen LogP contribution in [0.5, 0.6) is 0 Å². The molecular weight excluding hydrogens is 315 g/mol. The Balaban J connectivity index is 2.49. The average Bonchev–Trinajstić information content (AvgIpc) is 2.44. The van der Waals surface area contributed by atoms with E-state index in [-0.39, 0.29) is 26.7 Å². The number of hydrogen-bond acceptors (Lipinski definition) is 3. The zero-order valence-electron chi connectivity index (χ0n) is 10.9. The zero-order chi connectivity index (χ0) is 15.6. The molecule has 0 saturated carbocycles. The molecule has 0 radical (unpaired) electrons. The molecule has 1 N–H and O–H groups in total. The first-order valence-electron chi connectivity index (χ1n) is 5.83. The summed E-state index contributed by atoms with van der Waals surface area (Å²) in [6.07, 6.45) is 0. The lowest BCUT2D eigenvalue weighted by molar-refractivity contribution is 0.600. The van der Waals surface area contributed by atoms with Gasteiger partial charge in [-0.15, -0.1) is 0 Å². The van der Waals surface area contributed by atoms with Gasteiger partial charge in [-0.1, -0.05) is 17.7 Å². The van der Waals surface area contributed by atoms with Crippen LogP contribution in [0.15, 0.2) is 41.3 Å². The highest BCUT2D eigenvalue weighted by atomic mass is 35.5. The van der Waals surface area contributed by atoms with Crippen LogP contribution in [-0.2, 0) is 10.0 Å². The summed E-state index contributed by atoms with van der Waals surface area (Å²) in [5, 5.41) is 8.81. The topological polar surface area (TPSA) is 70.0 Å². The molecule has 2 rings (SSSR count). The van der Waals surface area contributed by atoms with Gasteiger partial charge in [-0.3, -0.25) is 4.72 Å². The molecule has 0 amide bonds. The van der Waals surface area contributed by atoms with E-state index in [4.69, 9.17) is 16.9 Å². The minimum atomic E-state index is -4.02. The summed E-state index contributed by atoms with van der Waals surface area (Å²) < 4.78 is 40.4. The van der Waals surface area contributed by atoms with Crippen LogP contribution >= 0.6 is 11.6 Å². The Morgan fingerprint density at radius 3 is 2.67 bits per heavy atom. The molecule has 0 aliphatic rings. The fourth-order valence-corrected chi connectivity index (χ4v) is 3.35. The van der Waals surface area contributed by atoms with Gasteiger partial charge in [0.2, 0.25) is 0 Å². The number of rotatable bonds is 3. The third-order valence-electron chi connectivity index (χ3n) is 2.86. The van der Waals surface area contributed by atoms with Crippen LogP contribution in [0.4, 0.5) is 10.1 Å². The molecule has 0 aliphatic carbocycles. The maximum atomic E-state index is 13.5. The van der Waals surface area contributed by atoms with Gasteiger partial charge in [-0.2, -0.15) is 5.26 Å². The van der Waals surface area contributed by atoms with E-state index >= 15 is 0 Å². The normalized spacial score (nSPS) is 11.0. The molecule has 21 heavy (non-hydrogen) atoms. The largest absolute Gasteiger partial charge is 0.279 e. The molecule has 7 heteroatoms. The Bertz CT molecular complexity index is 845. The van der Waals surface area contributed by atoms with Crippen molar-refractivity contribution in [2.75, 3.05) is 4.72 Å². The van der Waals surface area contributed by atoms with E-state index in [1.807, 2.05) is 6.07 Å². The summed E-state index contributed by atoms with van der Waals surface area (Å²) >= 11 is 5.87. The van der Waals surface area contributed by atoms with Crippen molar-refractivity contribution in [3.63, 3.8) is 0 Å². The van der Waals surface area contributed by atoms with Crippen LogP contribution in [0.25, 0.3) is 0 Å². The Labute approximate surface area is 126 Å². The van der Waals surface area contributed by atoms with Crippen molar-refractivity contribution >= 4 is 27.3 Å². The van der Waals surface area contributed by atoms with Crippen molar-refractivity contribution in [3.8, 4) is 6.07 Å². The van der Waals surface area contributed by atoms with E-state index in [9.17, 15) is 12.8 Å². The maximum absolute atomic E-state index is 13.5. The lowest BCUT2D eigenvalue weighted by Gasteiger charge is -2.12. The summed E-state index contributed by atoms with van der Waals surface area (Å²) in [6.45, 7) is 1.46. The molecule has 0 aliphatic heterocycles. The van der Waals surface area contributed by atoms with Gasteiger partial charge >= 0.3 is 0 Å². The molecule has 0 aromatic heterocycles. The number of sulfonamides is 1. The van der Waals surface area contributed by atoms with Crippen LogP contribution in [0.3, 0.4) is 0 Å². The zero-order valence-corrected chi connectivity index (χ0v) is 12.5. The van der Waals surface area contributed by atoms with Gasteiger partial charge < -0.3 is 0 Å². The first kappa shape index (κ1) is 15.3. The SMILES string of the molecule is Cc1c(F)cccc1NS(=O)(=O)c1cc(C#N)ccc1Cl. The Hall–Kier alpha value is -2.10. The molecule has 0 saturated heterocycles. The van der Waals surface area contributed by atoms with Gasteiger partial charge in [0.05, 0.1) is 22.3 Å². The minimum Gasteiger partial charge on any atom is -0.279 e. The molecular formula is C14H10ClFN2O2S. The lowest BCUT2D eigenvalue weighted by atomic mass is 10.2. The van der Waals surface area contributed by atoms with Crippen LogP contribution in [0.1, 0.15) is 11.1 Å². The monoisotopic (exact) mass is 324 g/mol. The Morgan fingerprint density at radius 2 is 2.00 bits per heavy atom. The first-order valence-corrected chi connectivity index (χ1v) is 7.69. The summed E-state index contributed by atoms with van der Waals surface area (Å²) in [6, 6.07) is 9.82. The fraction of sp³-hybridized carbons (Fsp3) is 0.0714. The molecule has 0 atom stereocenters. The number of halogens is 2. The Kier molecular flexibility index (Phi) is 4.16. The highest BCUT2D eigenvalue weighted by Crippen LogP contribution is 2.26. The van der Waals surface area contributed by atoms with Crippen LogP contribution < -0.4 is 4.72 Å². The van der Waals surface area contributed by atoms with Gasteiger partial charge in [-0.25, -0.2) is 12.8 Å². The average molecular weight is 325 g/mol. The minimum absolute atomic E-state index is 0.0180. The van der Waals surface area contributed by atoms with E-state index in [0.717, 1.165) is 0 Å². The van der Waals surface area contributed by atoms with Gasteiger partial charge in [-0.05, 0) is 37.3 Å². The fourth-order valence-electron chi connectivity index (χ4n) is 1.70. The molecule has 4 nitrogen and oxygen atoms in total. The van der Waals surface area contributed by atoms with Gasteiger partial charge in [0, 0.05) is 5.56 Å². The standard InChI is InChI=1S/C14H10ClFN2O2S/c1-9-12(16)3-2-4-13(9)18-21(19,20)14-7-10(8-17)5-6-11(14)15/h2-7,18H,1H3. The number of nitriles is 1.